The van der Waals surface area contributed by atoms with Crippen molar-refractivity contribution >= 4 is 11.6 Å². The molecule has 0 fully saturated rings. The Hall–Kier alpha value is -1.00. The molecule has 0 nitrogen and oxygen atoms in total. The molecule has 1 rings (SSSR count). The van der Waals surface area contributed by atoms with E-state index in [0.29, 0.717) is 6.42 Å². The molecule has 0 bridgehead atoms. The molecule has 11 heavy (non-hydrogen) atoms. The van der Waals surface area contributed by atoms with E-state index in [1.54, 1.807) is 6.07 Å². The molecule has 0 aromatic heterocycles. The average molecular weight is 169 g/mol. The lowest BCUT2D eigenvalue weighted by atomic mass is 10.2. The maximum absolute atomic E-state index is 12.6. The van der Waals surface area contributed by atoms with Gasteiger partial charge < -0.3 is 0 Å². The summed E-state index contributed by atoms with van der Waals surface area (Å²) in [4.78, 5) is 0. The number of hydrogen-bond donors (Lipinski definition) is 0. The van der Waals surface area contributed by atoms with E-state index in [0.717, 1.165) is 5.56 Å². The minimum absolute atomic E-state index is 0.123. The fourth-order valence-electron chi connectivity index (χ4n) is 0.767. The molecule has 2 heteroatoms. The van der Waals surface area contributed by atoms with Crippen molar-refractivity contribution in [2.45, 2.75) is 6.42 Å². The van der Waals surface area contributed by atoms with Gasteiger partial charge in [0.2, 0.25) is 0 Å². The number of benzene rings is 1. The third-order valence-corrected chi connectivity index (χ3v) is 1.58. The van der Waals surface area contributed by atoms with Crippen LogP contribution in [0.3, 0.4) is 0 Å². The Morgan fingerprint density at radius 1 is 1.55 bits per heavy atom. The van der Waals surface area contributed by atoms with Gasteiger partial charge in [-0.15, -0.1) is 12.3 Å². The van der Waals surface area contributed by atoms with Crippen LogP contribution < -0.4 is 0 Å². The lowest BCUT2D eigenvalue weighted by Crippen LogP contribution is -1.83. The molecule has 1 aromatic rings. The highest BCUT2D eigenvalue weighted by atomic mass is 35.5. The summed E-state index contributed by atoms with van der Waals surface area (Å²) in [7, 11) is 0. The van der Waals surface area contributed by atoms with Crippen molar-refractivity contribution in [3.63, 3.8) is 0 Å². The summed E-state index contributed by atoms with van der Waals surface area (Å²) in [5.74, 6) is 2.04. The van der Waals surface area contributed by atoms with Gasteiger partial charge in [0.25, 0.3) is 0 Å². The van der Waals surface area contributed by atoms with Crippen LogP contribution in [0, 0.1) is 18.2 Å². The molecule has 0 amide bonds. The highest BCUT2D eigenvalue weighted by molar-refractivity contribution is 6.30. The van der Waals surface area contributed by atoms with Crippen LogP contribution in [0.4, 0.5) is 4.39 Å². The average Bonchev–Trinajstić information content (AvgIpc) is 1.98. The summed E-state index contributed by atoms with van der Waals surface area (Å²) in [6.07, 6.45) is 5.55. The first-order chi connectivity index (χ1) is 5.24. The van der Waals surface area contributed by atoms with Crippen molar-refractivity contribution in [3.05, 3.63) is 34.6 Å². The van der Waals surface area contributed by atoms with Gasteiger partial charge in [0, 0.05) is 6.42 Å². The van der Waals surface area contributed by atoms with Crippen molar-refractivity contribution in [2.24, 2.45) is 0 Å². The number of halogens is 2. The minimum Gasteiger partial charge on any atom is -0.205 e. The van der Waals surface area contributed by atoms with E-state index in [9.17, 15) is 4.39 Å². The van der Waals surface area contributed by atoms with Crippen molar-refractivity contribution in [1.29, 1.82) is 0 Å². The van der Waals surface area contributed by atoms with Crippen molar-refractivity contribution in [3.8, 4) is 12.3 Å². The second-order valence-corrected chi connectivity index (χ2v) is 2.54. The van der Waals surface area contributed by atoms with Crippen LogP contribution in [0.5, 0.6) is 0 Å². The molecule has 0 N–H and O–H groups in total. The topological polar surface area (TPSA) is 0 Å². The molecule has 0 aliphatic rings. The van der Waals surface area contributed by atoms with Gasteiger partial charge in [0.15, 0.2) is 0 Å². The fourth-order valence-corrected chi connectivity index (χ4v) is 0.971. The Bertz CT molecular complexity index is 299. The second-order valence-electron chi connectivity index (χ2n) is 2.13. The molecular formula is C9H6ClF. The molecule has 0 spiro atoms. The molecule has 0 radical (unpaired) electrons. The maximum atomic E-state index is 12.6. The zero-order valence-corrected chi connectivity index (χ0v) is 6.53. The van der Waals surface area contributed by atoms with Gasteiger partial charge in [0.05, 0.1) is 5.02 Å². The Morgan fingerprint density at radius 3 is 2.82 bits per heavy atom. The van der Waals surface area contributed by atoms with Gasteiger partial charge in [-0.1, -0.05) is 17.7 Å². The molecule has 1 aromatic carbocycles. The summed E-state index contributed by atoms with van der Waals surface area (Å²) in [5.41, 5.74) is 0.860. The largest absolute Gasteiger partial charge is 0.205 e. The van der Waals surface area contributed by atoms with Crippen LogP contribution in [0.15, 0.2) is 18.2 Å². The molecule has 56 valence electrons. The summed E-state index contributed by atoms with van der Waals surface area (Å²) in [5, 5.41) is 0.123. The van der Waals surface area contributed by atoms with E-state index in [2.05, 4.69) is 5.92 Å². The van der Waals surface area contributed by atoms with Gasteiger partial charge in [-0.2, -0.15) is 0 Å². The lowest BCUT2D eigenvalue weighted by molar-refractivity contribution is 0.627. The molecule has 0 atom stereocenters. The summed E-state index contributed by atoms with van der Waals surface area (Å²) < 4.78 is 12.6. The molecule has 0 aliphatic heterocycles. The quantitative estimate of drug-likeness (QED) is 0.566. The Labute approximate surface area is 70.0 Å². The van der Waals surface area contributed by atoms with Gasteiger partial charge in [-0.25, -0.2) is 4.39 Å². The first-order valence-corrected chi connectivity index (χ1v) is 3.49. The zero-order chi connectivity index (χ0) is 8.27. The Balaban J connectivity index is 2.98. The number of rotatable bonds is 1. The molecule has 0 unspecified atom stereocenters. The maximum Gasteiger partial charge on any atom is 0.141 e. The summed E-state index contributed by atoms with van der Waals surface area (Å²) in [6.45, 7) is 0. The molecule has 0 saturated heterocycles. The van der Waals surface area contributed by atoms with E-state index < -0.39 is 5.82 Å². The normalized spacial score (nSPS) is 9.18. The Morgan fingerprint density at radius 2 is 2.27 bits per heavy atom. The fraction of sp³-hybridized carbons (Fsp3) is 0.111. The van der Waals surface area contributed by atoms with Gasteiger partial charge in [-0.3, -0.25) is 0 Å². The smallest absolute Gasteiger partial charge is 0.141 e. The molecular weight excluding hydrogens is 163 g/mol. The summed E-state index contributed by atoms with van der Waals surface area (Å²) >= 11 is 5.51. The number of hydrogen-bond acceptors (Lipinski definition) is 0. The second kappa shape index (κ2) is 3.41. The van der Waals surface area contributed by atoms with E-state index in [-0.39, 0.29) is 5.02 Å². The first kappa shape index (κ1) is 8.10. The third-order valence-electron chi connectivity index (χ3n) is 1.29. The van der Waals surface area contributed by atoms with Gasteiger partial charge in [-0.05, 0) is 17.7 Å². The van der Waals surface area contributed by atoms with Gasteiger partial charge >= 0.3 is 0 Å². The van der Waals surface area contributed by atoms with Gasteiger partial charge in [0.1, 0.15) is 5.82 Å². The van der Waals surface area contributed by atoms with Crippen molar-refractivity contribution in [2.75, 3.05) is 0 Å². The van der Waals surface area contributed by atoms with Crippen molar-refractivity contribution < 1.29 is 4.39 Å². The molecule has 0 saturated carbocycles. The van der Waals surface area contributed by atoms with E-state index >= 15 is 0 Å². The monoisotopic (exact) mass is 168 g/mol. The molecule has 0 aliphatic carbocycles. The summed E-state index contributed by atoms with van der Waals surface area (Å²) in [6, 6.07) is 4.48. The predicted molar refractivity (Wildman–Crippen MR) is 43.9 cm³/mol. The lowest BCUT2D eigenvalue weighted by Gasteiger charge is -1.96. The van der Waals surface area contributed by atoms with Crippen LogP contribution in [0.25, 0.3) is 0 Å². The molecule has 0 heterocycles. The minimum atomic E-state index is -0.410. The van der Waals surface area contributed by atoms with E-state index in [1.165, 1.54) is 12.1 Å². The van der Waals surface area contributed by atoms with Crippen LogP contribution >= 0.6 is 11.6 Å². The SMILES string of the molecule is C#CCc1ccc(F)c(Cl)c1. The van der Waals surface area contributed by atoms with E-state index in [1.807, 2.05) is 0 Å². The zero-order valence-electron chi connectivity index (χ0n) is 5.77. The first-order valence-electron chi connectivity index (χ1n) is 3.11. The number of terminal acetylenes is 1. The van der Waals surface area contributed by atoms with Crippen LogP contribution in [0.1, 0.15) is 5.56 Å². The predicted octanol–water partition coefficient (Wildman–Crippen LogP) is 2.65. The van der Waals surface area contributed by atoms with Crippen LogP contribution in [0.2, 0.25) is 5.02 Å². The highest BCUT2D eigenvalue weighted by Gasteiger charge is 1.98. The van der Waals surface area contributed by atoms with Crippen molar-refractivity contribution in [1.82, 2.24) is 0 Å². The van der Waals surface area contributed by atoms with Crippen LogP contribution in [-0.2, 0) is 6.42 Å². The highest BCUT2D eigenvalue weighted by Crippen LogP contribution is 2.15. The third kappa shape index (κ3) is 1.96. The Kier molecular flexibility index (Phi) is 2.51. The van der Waals surface area contributed by atoms with E-state index in [4.69, 9.17) is 18.0 Å². The van der Waals surface area contributed by atoms with Crippen LogP contribution in [-0.4, -0.2) is 0 Å². The standard InChI is InChI=1S/C9H6ClF/c1-2-3-7-4-5-9(11)8(10)6-7/h1,4-6H,3H2.